The molecule has 252 valence electrons. The smallest absolute Gasteiger partial charge is 0.410 e. The van der Waals surface area contributed by atoms with Gasteiger partial charge >= 0.3 is 6.09 Å². The van der Waals surface area contributed by atoms with Crippen LogP contribution in [0, 0.1) is 5.82 Å². The average Bonchev–Trinajstić information content (AvgIpc) is 3.44. The Morgan fingerprint density at radius 2 is 1.72 bits per heavy atom. The second-order valence-corrected chi connectivity index (χ2v) is 13.3. The molecule has 1 N–H and O–H groups in total. The monoisotopic (exact) mass is 641 g/mol. The third-order valence-electron chi connectivity index (χ3n) is 8.17. The number of benzene rings is 2. The summed E-state index contributed by atoms with van der Waals surface area (Å²) in [7, 11) is 1.59. The van der Waals surface area contributed by atoms with Crippen molar-refractivity contribution in [3.8, 4) is 16.9 Å². The Balaban J connectivity index is 1.64. The first-order valence-corrected chi connectivity index (χ1v) is 16.1. The Morgan fingerprint density at radius 1 is 0.978 bits per heavy atom. The van der Waals surface area contributed by atoms with Gasteiger partial charge in [0.05, 0.1) is 18.8 Å². The summed E-state index contributed by atoms with van der Waals surface area (Å²) in [4.78, 5) is 45.1. The number of halogens is 1. The van der Waals surface area contributed by atoms with Gasteiger partial charge < -0.3 is 34.0 Å². The number of nitrogens with zero attached hydrogens (tertiary/aromatic N) is 3. The van der Waals surface area contributed by atoms with Crippen LogP contribution in [-0.2, 0) is 9.47 Å². The maximum absolute atomic E-state index is 15.4. The number of hydrogen-bond donors (Lipinski definition) is 1. The molecular weight excluding hydrogens is 593 g/mol. The minimum absolute atomic E-state index is 0.161. The zero-order valence-corrected chi connectivity index (χ0v) is 27.9. The van der Waals surface area contributed by atoms with E-state index in [1.54, 1.807) is 40.0 Å². The van der Waals surface area contributed by atoms with Crippen molar-refractivity contribution in [3.05, 3.63) is 53.3 Å². The molecule has 2 aliphatic heterocycles. The molecule has 1 unspecified atom stereocenters. The molecule has 0 aromatic heterocycles. The van der Waals surface area contributed by atoms with Crippen molar-refractivity contribution in [2.24, 2.45) is 0 Å². The van der Waals surface area contributed by atoms with Crippen molar-refractivity contribution >= 4 is 17.9 Å². The number of amides is 3. The molecule has 2 heterocycles. The van der Waals surface area contributed by atoms with Gasteiger partial charge in [0.25, 0.3) is 11.8 Å². The van der Waals surface area contributed by atoms with E-state index in [9.17, 15) is 19.5 Å². The number of ether oxygens (including phenoxy) is 3. The summed E-state index contributed by atoms with van der Waals surface area (Å²) in [5.41, 5.74) is 0.628. The second-order valence-electron chi connectivity index (χ2n) is 13.3. The van der Waals surface area contributed by atoms with Crippen LogP contribution in [0.25, 0.3) is 11.1 Å². The Bertz CT molecular complexity index is 1390. The largest absolute Gasteiger partial charge is 0.493 e. The zero-order valence-electron chi connectivity index (χ0n) is 27.9. The van der Waals surface area contributed by atoms with Crippen LogP contribution in [-0.4, -0.2) is 108 Å². The molecule has 0 bridgehead atoms. The van der Waals surface area contributed by atoms with Gasteiger partial charge in [-0.2, -0.15) is 0 Å². The van der Waals surface area contributed by atoms with E-state index < -0.39 is 23.6 Å². The molecule has 0 spiro atoms. The molecule has 0 aliphatic carbocycles. The number of carbonyl (C=O) groups excluding carboxylic acids is 3. The van der Waals surface area contributed by atoms with Gasteiger partial charge in [-0.25, -0.2) is 9.18 Å². The van der Waals surface area contributed by atoms with Crippen molar-refractivity contribution < 1.29 is 38.1 Å². The van der Waals surface area contributed by atoms with Crippen molar-refractivity contribution in [1.82, 2.24) is 14.7 Å². The fourth-order valence-electron chi connectivity index (χ4n) is 6.00. The van der Waals surface area contributed by atoms with Crippen LogP contribution in [0.5, 0.6) is 5.75 Å². The molecule has 2 saturated heterocycles. The second kappa shape index (κ2) is 15.3. The van der Waals surface area contributed by atoms with E-state index in [1.807, 2.05) is 34.6 Å². The van der Waals surface area contributed by atoms with Crippen LogP contribution in [0.3, 0.4) is 0 Å². The Hall–Kier alpha value is -3.70. The fourth-order valence-corrected chi connectivity index (χ4v) is 6.00. The number of β-amino-alcohol motifs (C(OH)–C–C–N with tert-alkyl or cyclic N) is 1. The lowest BCUT2D eigenvalue weighted by molar-refractivity contribution is 0.00751. The molecule has 2 fully saturated rings. The predicted octanol–water partition coefficient (Wildman–Crippen LogP) is 5.36. The number of likely N-dealkylation sites (tertiary alicyclic amines) is 2. The molecule has 10 nitrogen and oxygen atoms in total. The van der Waals surface area contributed by atoms with Gasteiger partial charge in [0.2, 0.25) is 0 Å². The molecule has 3 amide bonds. The fraction of sp³-hybridized carbons (Fsp3) is 0.571. The van der Waals surface area contributed by atoms with Crippen molar-refractivity contribution in [2.45, 2.75) is 84.1 Å². The first-order chi connectivity index (χ1) is 21.8. The van der Waals surface area contributed by atoms with Gasteiger partial charge in [-0.3, -0.25) is 9.59 Å². The van der Waals surface area contributed by atoms with E-state index in [0.29, 0.717) is 61.5 Å². The zero-order chi connectivity index (χ0) is 33.6. The lowest BCUT2D eigenvalue weighted by atomic mass is 9.97. The SMILES string of the molecule is COCCCOc1cc(C(=O)N(C(C)C)[C@@H]2CCCN(C(=O)OC(C)(C)C)C2)ccc1-c1cc(C(=O)N2CCC(O)C2)ccc1F. The summed E-state index contributed by atoms with van der Waals surface area (Å²) in [6.45, 7) is 11.7. The molecule has 2 aromatic rings. The molecular formula is C35H48FN3O7. The van der Waals surface area contributed by atoms with Crippen molar-refractivity contribution in [2.75, 3.05) is 46.5 Å². The molecule has 2 aliphatic rings. The van der Waals surface area contributed by atoms with Gasteiger partial charge in [0.1, 0.15) is 17.2 Å². The maximum Gasteiger partial charge on any atom is 0.410 e. The van der Waals surface area contributed by atoms with Crippen molar-refractivity contribution in [3.63, 3.8) is 0 Å². The Kier molecular flexibility index (Phi) is 11.7. The van der Waals surface area contributed by atoms with E-state index >= 15 is 4.39 Å². The van der Waals surface area contributed by atoms with E-state index in [0.717, 1.165) is 12.8 Å². The van der Waals surface area contributed by atoms with Crippen LogP contribution in [0.4, 0.5) is 9.18 Å². The first kappa shape index (κ1) is 35.2. The minimum atomic E-state index is -0.623. The van der Waals surface area contributed by atoms with E-state index in [1.165, 1.54) is 18.2 Å². The highest BCUT2D eigenvalue weighted by molar-refractivity contribution is 5.98. The van der Waals surface area contributed by atoms with Crippen LogP contribution < -0.4 is 4.74 Å². The number of piperidine rings is 1. The molecule has 0 saturated carbocycles. The summed E-state index contributed by atoms with van der Waals surface area (Å²) >= 11 is 0. The van der Waals surface area contributed by atoms with Crippen molar-refractivity contribution in [1.29, 1.82) is 0 Å². The van der Waals surface area contributed by atoms with Crippen LogP contribution in [0.2, 0.25) is 0 Å². The maximum atomic E-state index is 15.4. The lowest BCUT2D eigenvalue weighted by Crippen LogP contribution is -2.54. The molecule has 4 rings (SSSR count). The topological polar surface area (TPSA) is 109 Å². The lowest BCUT2D eigenvalue weighted by Gasteiger charge is -2.41. The number of rotatable bonds is 10. The normalized spacial score (nSPS) is 18.5. The minimum Gasteiger partial charge on any atom is -0.493 e. The Morgan fingerprint density at radius 3 is 2.37 bits per heavy atom. The van der Waals surface area contributed by atoms with Gasteiger partial charge in [-0.05, 0) is 90.3 Å². The number of methoxy groups -OCH3 is 1. The molecule has 2 atom stereocenters. The predicted molar refractivity (Wildman–Crippen MR) is 172 cm³/mol. The molecule has 11 heteroatoms. The number of hydrogen-bond acceptors (Lipinski definition) is 7. The molecule has 46 heavy (non-hydrogen) atoms. The highest BCUT2D eigenvalue weighted by Crippen LogP contribution is 2.35. The summed E-state index contributed by atoms with van der Waals surface area (Å²) in [6.07, 6.45) is 1.59. The van der Waals surface area contributed by atoms with Gasteiger partial charge in [0, 0.05) is 74.6 Å². The summed E-state index contributed by atoms with van der Waals surface area (Å²) in [5, 5.41) is 9.90. The summed E-state index contributed by atoms with van der Waals surface area (Å²) < 4.78 is 32.2. The highest BCUT2D eigenvalue weighted by atomic mass is 19.1. The van der Waals surface area contributed by atoms with Crippen LogP contribution in [0.15, 0.2) is 36.4 Å². The summed E-state index contributed by atoms with van der Waals surface area (Å²) in [5.74, 6) is -0.735. The van der Waals surface area contributed by atoms with E-state index in [-0.39, 0.29) is 42.6 Å². The van der Waals surface area contributed by atoms with Gasteiger partial charge in [-0.15, -0.1) is 0 Å². The quantitative estimate of drug-likeness (QED) is 0.348. The first-order valence-electron chi connectivity index (χ1n) is 16.1. The third kappa shape index (κ3) is 8.76. The van der Waals surface area contributed by atoms with E-state index in [2.05, 4.69) is 0 Å². The van der Waals surface area contributed by atoms with Crippen LogP contribution >= 0.6 is 0 Å². The average molecular weight is 642 g/mol. The summed E-state index contributed by atoms with van der Waals surface area (Å²) in [6, 6.07) is 8.73. The van der Waals surface area contributed by atoms with Gasteiger partial charge in [0.15, 0.2) is 0 Å². The molecule has 2 aromatic carbocycles. The van der Waals surface area contributed by atoms with Gasteiger partial charge in [-0.1, -0.05) is 0 Å². The third-order valence-corrected chi connectivity index (χ3v) is 8.17. The Labute approximate surface area is 271 Å². The number of aliphatic hydroxyl groups is 1. The number of aliphatic hydroxyl groups excluding tert-OH is 1. The van der Waals surface area contributed by atoms with Crippen LogP contribution in [0.1, 0.15) is 81.0 Å². The highest BCUT2D eigenvalue weighted by Gasteiger charge is 2.35. The number of carbonyl (C=O) groups is 3. The molecule has 0 radical (unpaired) electrons. The van der Waals surface area contributed by atoms with E-state index in [4.69, 9.17) is 14.2 Å². The standard InChI is InChI=1S/C35H48FN3O7/c1-23(2)39(26-9-7-15-38(21-26)34(43)46-35(3,4)5)33(42)25-10-12-28(31(20-25)45-18-8-17-44-6)29-19-24(11-13-30(29)36)32(41)37-16-14-27(40)22-37/h10-13,19-20,23,26-27,40H,7-9,14-18,21-22H2,1-6H3/t26-,27?/m1/s1.